The van der Waals surface area contributed by atoms with Crippen molar-refractivity contribution in [2.45, 2.75) is 12.6 Å². The van der Waals surface area contributed by atoms with E-state index < -0.39 is 0 Å². The third kappa shape index (κ3) is 3.70. The van der Waals surface area contributed by atoms with Gasteiger partial charge in [-0.3, -0.25) is 4.90 Å². The average molecular weight is 374 g/mol. The highest BCUT2D eigenvalue weighted by atomic mass is 32.1. The summed E-state index contributed by atoms with van der Waals surface area (Å²) in [7, 11) is 0. The quantitative estimate of drug-likeness (QED) is 0.762. The summed E-state index contributed by atoms with van der Waals surface area (Å²) in [5.74, 6) is -0.459. The minimum atomic E-state index is -0.242. The largest absolute Gasteiger partial charge is 0.369 e. The van der Waals surface area contributed by atoms with Crippen LogP contribution in [0.5, 0.6) is 0 Å². The summed E-state index contributed by atoms with van der Waals surface area (Å²) in [6.45, 7) is 3.39. The lowest BCUT2D eigenvalue weighted by atomic mass is 10.2. The summed E-state index contributed by atoms with van der Waals surface area (Å²) in [4.78, 5) is 9.04. The second kappa shape index (κ2) is 7.26. The number of hydrogen-bond acceptors (Lipinski definition) is 5. The van der Waals surface area contributed by atoms with Gasteiger partial charge in [0.2, 0.25) is 0 Å². The van der Waals surface area contributed by atoms with Gasteiger partial charge in [0.05, 0.1) is 21.4 Å². The van der Waals surface area contributed by atoms with E-state index in [1.807, 2.05) is 12.1 Å². The molecule has 1 aliphatic rings. The van der Waals surface area contributed by atoms with Gasteiger partial charge in [-0.15, -0.1) is 11.3 Å². The molecule has 1 saturated heterocycles. The minimum Gasteiger partial charge on any atom is -0.369 e. The van der Waals surface area contributed by atoms with Crippen molar-refractivity contribution in [3.8, 4) is 0 Å². The number of nitrogens with two attached hydrogens (primary N) is 1. The van der Waals surface area contributed by atoms with Crippen LogP contribution in [-0.4, -0.2) is 42.2 Å². The number of halogens is 2. The van der Waals surface area contributed by atoms with E-state index in [-0.39, 0.29) is 17.8 Å². The van der Waals surface area contributed by atoms with Gasteiger partial charge < -0.3 is 10.6 Å². The molecule has 0 radical (unpaired) electrons. The topological polar surface area (TPSA) is 45.4 Å². The third-order valence-corrected chi connectivity index (χ3v) is 5.79. The standard InChI is InChI=1S/C19H20F2N4S/c20-13-1-4-15(5-2-13)24-7-9-25(10-8-24)18(22)12-19-23-16-6-3-14(21)11-17(16)26-19/h1-6,11,18H,7-10,12,22H2. The van der Waals surface area contributed by atoms with Crippen molar-refractivity contribution in [3.63, 3.8) is 0 Å². The van der Waals surface area contributed by atoms with Crippen LogP contribution < -0.4 is 10.6 Å². The fourth-order valence-corrected chi connectivity index (χ4v) is 4.35. The van der Waals surface area contributed by atoms with Gasteiger partial charge >= 0.3 is 0 Å². The van der Waals surface area contributed by atoms with Crippen molar-refractivity contribution >= 4 is 27.2 Å². The van der Waals surface area contributed by atoms with Crippen LogP contribution >= 0.6 is 11.3 Å². The molecule has 1 fully saturated rings. The Kier molecular flexibility index (Phi) is 4.84. The summed E-state index contributed by atoms with van der Waals surface area (Å²) in [6, 6.07) is 11.3. The van der Waals surface area contributed by atoms with Crippen molar-refractivity contribution in [2.24, 2.45) is 5.73 Å². The average Bonchev–Trinajstić information content (AvgIpc) is 3.03. The summed E-state index contributed by atoms with van der Waals surface area (Å²) < 4.78 is 27.2. The van der Waals surface area contributed by atoms with E-state index in [0.29, 0.717) is 6.42 Å². The molecule has 136 valence electrons. The molecule has 0 aliphatic carbocycles. The van der Waals surface area contributed by atoms with Crippen molar-refractivity contribution < 1.29 is 8.78 Å². The van der Waals surface area contributed by atoms with Crippen LogP contribution in [0.4, 0.5) is 14.5 Å². The normalized spacial score (nSPS) is 17.0. The van der Waals surface area contributed by atoms with Crippen molar-refractivity contribution in [1.82, 2.24) is 9.88 Å². The number of hydrogen-bond donors (Lipinski definition) is 1. The SMILES string of the molecule is NC(Cc1nc2ccc(F)cc2s1)N1CCN(c2ccc(F)cc2)CC1. The minimum absolute atomic E-state index is 0.115. The Hall–Kier alpha value is -2.09. The Balaban J connectivity index is 1.36. The van der Waals surface area contributed by atoms with Gasteiger partial charge in [0.15, 0.2) is 0 Å². The van der Waals surface area contributed by atoms with Gasteiger partial charge in [0, 0.05) is 38.3 Å². The maximum atomic E-state index is 13.3. The maximum Gasteiger partial charge on any atom is 0.124 e. The molecule has 7 heteroatoms. The number of anilines is 1. The smallest absolute Gasteiger partial charge is 0.124 e. The van der Waals surface area contributed by atoms with Gasteiger partial charge in [-0.1, -0.05) is 0 Å². The zero-order valence-corrected chi connectivity index (χ0v) is 15.1. The first-order valence-corrected chi connectivity index (χ1v) is 9.45. The van der Waals surface area contributed by atoms with Crippen LogP contribution in [0.3, 0.4) is 0 Å². The molecule has 2 N–H and O–H groups in total. The molecule has 1 aliphatic heterocycles. The molecule has 1 atom stereocenters. The van der Waals surface area contributed by atoms with Crippen LogP contribution in [-0.2, 0) is 6.42 Å². The van der Waals surface area contributed by atoms with E-state index in [9.17, 15) is 8.78 Å². The predicted octanol–water partition coefficient (Wildman–Crippen LogP) is 3.22. The second-order valence-electron chi connectivity index (χ2n) is 6.49. The zero-order valence-electron chi connectivity index (χ0n) is 14.2. The lowest BCUT2D eigenvalue weighted by Crippen LogP contribution is -2.54. The third-order valence-electron chi connectivity index (χ3n) is 4.75. The highest BCUT2D eigenvalue weighted by molar-refractivity contribution is 7.18. The van der Waals surface area contributed by atoms with E-state index in [1.54, 1.807) is 6.07 Å². The van der Waals surface area contributed by atoms with Crippen molar-refractivity contribution in [3.05, 3.63) is 59.1 Å². The van der Waals surface area contributed by atoms with Gasteiger partial charge in [0.25, 0.3) is 0 Å². The van der Waals surface area contributed by atoms with E-state index in [4.69, 9.17) is 5.73 Å². The molecule has 2 aromatic carbocycles. The number of aromatic nitrogens is 1. The number of thiazole rings is 1. The van der Waals surface area contributed by atoms with E-state index >= 15 is 0 Å². The molecule has 3 aromatic rings. The van der Waals surface area contributed by atoms with E-state index in [0.717, 1.165) is 47.1 Å². The second-order valence-corrected chi connectivity index (χ2v) is 7.61. The molecule has 26 heavy (non-hydrogen) atoms. The number of rotatable bonds is 4. The van der Waals surface area contributed by atoms with Crippen LogP contribution in [0.15, 0.2) is 42.5 Å². The van der Waals surface area contributed by atoms with Crippen molar-refractivity contribution in [2.75, 3.05) is 31.1 Å². The van der Waals surface area contributed by atoms with Crippen LogP contribution in [0.25, 0.3) is 10.2 Å². The summed E-state index contributed by atoms with van der Waals surface area (Å²) in [6.07, 6.45) is 0.535. The molecule has 0 amide bonds. The first-order valence-electron chi connectivity index (χ1n) is 8.63. The Bertz CT molecular complexity index is 888. The summed E-state index contributed by atoms with van der Waals surface area (Å²) >= 11 is 1.50. The molecule has 4 nitrogen and oxygen atoms in total. The Morgan fingerprint density at radius 1 is 1.00 bits per heavy atom. The van der Waals surface area contributed by atoms with E-state index in [1.165, 1.54) is 35.6 Å². The molecule has 0 spiro atoms. The number of piperazine rings is 1. The fraction of sp³-hybridized carbons (Fsp3) is 0.316. The first-order chi connectivity index (χ1) is 12.6. The fourth-order valence-electron chi connectivity index (χ4n) is 3.31. The van der Waals surface area contributed by atoms with Gasteiger partial charge in [-0.2, -0.15) is 0 Å². The molecule has 0 saturated carbocycles. The lowest BCUT2D eigenvalue weighted by Gasteiger charge is -2.38. The molecule has 1 aromatic heterocycles. The Morgan fingerprint density at radius 2 is 1.69 bits per heavy atom. The molecular weight excluding hydrogens is 354 g/mol. The number of fused-ring (bicyclic) bond motifs is 1. The Morgan fingerprint density at radius 3 is 2.42 bits per heavy atom. The van der Waals surface area contributed by atoms with Gasteiger partial charge in [-0.25, -0.2) is 13.8 Å². The monoisotopic (exact) mass is 374 g/mol. The van der Waals surface area contributed by atoms with Crippen LogP contribution in [0.2, 0.25) is 0 Å². The highest BCUT2D eigenvalue weighted by Crippen LogP contribution is 2.24. The first kappa shape index (κ1) is 17.3. The van der Waals surface area contributed by atoms with Crippen LogP contribution in [0.1, 0.15) is 5.01 Å². The highest BCUT2D eigenvalue weighted by Gasteiger charge is 2.22. The Labute approximate surface area is 154 Å². The summed E-state index contributed by atoms with van der Waals surface area (Å²) in [5.41, 5.74) is 8.24. The number of benzene rings is 2. The molecule has 0 bridgehead atoms. The maximum absolute atomic E-state index is 13.3. The van der Waals surface area contributed by atoms with E-state index in [2.05, 4.69) is 14.8 Å². The van der Waals surface area contributed by atoms with Gasteiger partial charge in [0.1, 0.15) is 11.6 Å². The molecule has 1 unspecified atom stereocenters. The summed E-state index contributed by atoms with van der Waals surface area (Å²) in [5, 5.41) is 0.930. The molecule has 2 heterocycles. The molecular formula is C19H20F2N4S. The lowest BCUT2D eigenvalue weighted by molar-refractivity contribution is 0.187. The van der Waals surface area contributed by atoms with Gasteiger partial charge in [-0.05, 0) is 42.5 Å². The number of nitrogens with zero attached hydrogens (tertiary/aromatic N) is 3. The molecule has 4 rings (SSSR count). The zero-order chi connectivity index (χ0) is 18.1. The van der Waals surface area contributed by atoms with Crippen molar-refractivity contribution in [1.29, 1.82) is 0 Å². The van der Waals surface area contributed by atoms with Crippen LogP contribution in [0, 0.1) is 11.6 Å². The predicted molar refractivity (Wildman–Crippen MR) is 101 cm³/mol.